The molecule has 0 N–H and O–H groups in total. The van der Waals surface area contributed by atoms with Crippen molar-refractivity contribution in [2.75, 3.05) is 0 Å². The van der Waals surface area contributed by atoms with E-state index in [4.69, 9.17) is 22.2 Å². The van der Waals surface area contributed by atoms with Crippen LogP contribution >= 0.6 is 22.2 Å². The van der Waals surface area contributed by atoms with Gasteiger partial charge in [0.2, 0.25) is 0 Å². The quantitative estimate of drug-likeness (QED) is 0.382. The van der Waals surface area contributed by atoms with Crippen LogP contribution in [-0.2, 0) is 0 Å². The molecular formula is C3H4Cl2Si. The molecule has 0 atom stereocenters. The molecule has 0 bridgehead atoms. The lowest BCUT2D eigenvalue weighted by atomic mass is 10.9. The molecule has 0 nitrogen and oxygen atoms in total. The Balaban J connectivity index is 2.31. The summed E-state index contributed by atoms with van der Waals surface area (Å²) >= 11 is 11.0. The van der Waals surface area contributed by atoms with Gasteiger partial charge in [-0.3, -0.25) is 0 Å². The molecule has 0 unspecified atom stereocenters. The summed E-state index contributed by atoms with van der Waals surface area (Å²) in [6.07, 6.45) is 3.17. The predicted molar refractivity (Wildman–Crippen MR) is 31.6 cm³/mol. The summed E-state index contributed by atoms with van der Waals surface area (Å²) < 4.78 is 0. The first-order valence-corrected chi connectivity index (χ1v) is 5.84. The Morgan fingerprint density at radius 1 is 1.67 bits per heavy atom. The van der Waals surface area contributed by atoms with Crippen molar-refractivity contribution >= 4 is 29.6 Å². The van der Waals surface area contributed by atoms with Crippen molar-refractivity contribution in [1.82, 2.24) is 0 Å². The normalized spacial score (nSPS) is 18.2. The van der Waals surface area contributed by atoms with Crippen molar-refractivity contribution in [3.8, 4) is 0 Å². The van der Waals surface area contributed by atoms with Gasteiger partial charge in [-0.15, -0.1) is 22.2 Å². The zero-order valence-electron chi connectivity index (χ0n) is 3.12. The first-order chi connectivity index (χ1) is 2.80. The van der Waals surface area contributed by atoms with Crippen LogP contribution in [0.1, 0.15) is 6.42 Å². The van der Waals surface area contributed by atoms with Crippen molar-refractivity contribution in [2.24, 2.45) is 0 Å². The van der Waals surface area contributed by atoms with Gasteiger partial charge >= 0.3 is 0 Å². The van der Waals surface area contributed by atoms with Crippen molar-refractivity contribution in [3.63, 3.8) is 0 Å². The standard InChI is InChI=1S/C3H4Cl2Si/c4-6(5)3-1-2-3/h1,6H,2H2. The van der Waals surface area contributed by atoms with E-state index in [1.54, 1.807) is 0 Å². The Morgan fingerprint density at radius 2 is 2.17 bits per heavy atom. The molecule has 1 aliphatic carbocycles. The van der Waals surface area contributed by atoms with Gasteiger partial charge in [-0.1, -0.05) is 11.3 Å². The second-order valence-corrected chi connectivity index (χ2v) is 5.92. The summed E-state index contributed by atoms with van der Waals surface area (Å²) in [7, 11) is -1.33. The Kier molecular flexibility index (Phi) is 1.22. The van der Waals surface area contributed by atoms with Crippen molar-refractivity contribution in [1.29, 1.82) is 0 Å². The zero-order valence-corrected chi connectivity index (χ0v) is 5.78. The highest BCUT2D eigenvalue weighted by atomic mass is 35.7. The molecule has 6 heavy (non-hydrogen) atoms. The molecule has 0 radical (unpaired) electrons. The summed E-state index contributed by atoms with van der Waals surface area (Å²) in [5.74, 6) is 0. The highest BCUT2D eigenvalue weighted by molar-refractivity contribution is 7.37. The topological polar surface area (TPSA) is 0 Å². The van der Waals surface area contributed by atoms with Crippen molar-refractivity contribution in [2.45, 2.75) is 6.42 Å². The van der Waals surface area contributed by atoms with Gasteiger partial charge in [0.1, 0.15) is 0 Å². The molecular weight excluding hydrogens is 135 g/mol. The summed E-state index contributed by atoms with van der Waals surface area (Å²) in [5, 5.41) is 1.30. The van der Waals surface area contributed by atoms with Gasteiger partial charge in [-0.2, -0.15) is 0 Å². The van der Waals surface area contributed by atoms with E-state index in [0.29, 0.717) is 0 Å². The molecule has 0 aromatic rings. The molecule has 0 saturated heterocycles. The first kappa shape index (κ1) is 4.69. The minimum Gasteiger partial charge on any atom is -0.145 e. The maximum absolute atomic E-state index is 5.51. The van der Waals surface area contributed by atoms with E-state index < -0.39 is 7.42 Å². The predicted octanol–water partition coefficient (Wildman–Crippen LogP) is 1.55. The molecule has 0 spiro atoms. The average Bonchev–Trinajstić information content (AvgIpc) is 2.06. The van der Waals surface area contributed by atoms with E-state index >= 15 is 0 Å². The Bertz CT molecular complexity index is 86.8. The van der Waals surface area contributed by atoms with E-state index in [9.17, 15) is 0 Å². The molecule has 0 aliphatic heterocycles. The Hall–Kier alpha value is 0.537. The third kappa shape index (κ3) is 0.999. The molecule has 34 valence electrons. The molecule has 0 aromatic carbocycles. The van der Waals surface area contributed by atoms with E-state index in [2.05, 4.69) is 6.08 Å². The van der Waals surface area contributed by atoms with Crippen LogP contribution in [0.25, 0.3) is 0 Å². The monoisotopic (exact) mass is 138 g/mol. The van der Waals surface area contributed by atoms with Gasteiger partial charge in [0.05, 0.1) is 0 Å². The summed E-state index contributed by atoms with van der Waals surface area (Å²) in [6, 6.07) is 0. The fourth-order valence-corrected chi connectivity index (χ4v) is 1.78. The molecule has 0 amide bonds. The number of hydrogen-bond donors (Lipinski definition) is 0. The highest BCUT2D eigenvalue weighted by Crippen LogP contribution is 2.25. The minimum atomic E-state index is -1.33. The Labute approximate surface area is 47.8 Å². The molecule has 1 aliphatic rings. The lowest BCUT2D eigenvalue weighted by Crippen LogP contribution is -1.85. The molecule has 0 heterocycles. The maximum Gasteiger partial charge on any atom is 0.262 e. The number of allylic oxidation sites excluding steroid dienone is 2. The summed E-state index contributed by atoms with van der Waals surface area (Å²) in [4.78, 5) is 0. The lowest BCUT2D eigenvalue weighted by molar-refractivity contribution is 1.67. The van der Waals surface area contributed by atoms with E-state index in [1.165, 1.54) is 5.20 Å². The van der Waals surface area contributed by atoms with Crippen LogP contribution in [0.4, 0.5) is 0 Å². The third-order valence-corrected chi connectivity index (χ3v) is 3.43. The Morgan fingerprint density at radius 3 is 2.17 bits per heavy atom. The molecule has 0 fully saturated rings. The van der Waals surface area contributed by atoms with Crippen LogP contribution in [0.2, 0.25) is 0 Å². The fraction of sp³-hybridized carbons (Fsp3) is 0.333. The first-order valence-electron chi connectivity index (χ1n) is 1.78. The third-order valence-electron chi connectivity index (χ3n) is 0.720. The van der Waals surface area contributed by atoms with E-state index in [1.807, 2.05) is 0 Å². The largest absolute Gasteiger partial charge is 0.262 e. The van der Waals surface area contributed by atoms with Crippen LogP contribution < -0.4 is 0 Å². The number of halogens is 2. The molecule has 1 rings (SSSR count). The molecule has 3 heteroatoms. The van der Waals surface area contributed by atoms with Crippen LogP contribution in [0, 0.1) is 0 Å². The van der Waals surface area contributed by atoms with Gasteiger partial charge in [0.25, 0.3) is 7.42 Å². The fourth-order valence-electron chi connectivity index (χ4n) is 0.237. The van der Waals surface area contributed by atoms with Crippen LogP contribution in [-0.4, -0.2) is 7.42 Å². The van der Waals surface area contributed by atoms with Gasteiger partial charge < -0.3 is 0 Å². The van der Waals surface area contributed by atoms with Crippen molar-refractivity contribution in [3.05, 3.63) is 11.3 Å². The van der Waals surface area contributed by atoms with Crippen molar-refractivity contribution < 1.29 is 0 Å². The lowest BCUT2D eigenvalue weighted by Gasteiger charge is -1.80. The maximum atomic E-state index is 5.51. The van der Waals surface area contributed by atoms with E-state index in [-0.39, 0.29) is 0 Å². The zero-order chi connectivity index (χ0) is 4.57. The second-order valence-electron chi connectivity index (χ2n) is 1.28. The van der Waals surface area contributed by atoms with Gasteiger partial charge in [0, 0.05) is 0 Å². The van der Waals surface area contributed by atoms with Crippen LogP contribution in [0.3, 0.4) is 0 Å². The van der Waals surface area contributed by atoms with Crippen LogP contribution in [0.15, 0.2) is 11.3 Å². The number of rotatable bonds is 1. The molecule has 0 aromatic heterocycles. The number of hydrogen-bond acceptors (Lipinski definition) is 0. The minimum absolute atomic E-state index is 1.09. The second kappa shape index (κ2) is 1.56. The summed E-state index contributed by atoms with van der Waals surface area (Å²) in [6.45, 7) is 0. The van der Waals surface area contributed by atoms with Gasteiger partial charge in [0.15, 0.2) is 0 Å². The van der Waals surface area contributed by atoms with Gasteiger partial charge in [-0.05, 0) is 6.42 Å². The summed E-state index contributed by atoms with van der Waals surface area (Å²) in [5.41, 5.74) is 0. The smallest absolute Gasteiger partial charge is 0.145 e. The van der Waals surface area contributed by atoms with E-state index in [0.717, 1.165) is 6.42 Å². The molecule has 0 saturated carbocycles. The van der Waals surface area contributed by atoms with Gasteiger partial charge in [-0.25, -0.2) is 0 Å². The van der Waals surface area contributed by atoms with Crippen LogP contribution in [0.5, 0.6) is 0 Å². The SMILES string of the molecule is Cl[SiH](Cl)C1=CC1. The highest BCUT2D eigenvalue weighted by Gasteiger charge is 2.16. The average molecular weight is 139 g/mol.